The Hall–Kier alpha value is -0.640. The molecule has 1 N–H and O–H groups in total. The average Bonchev–Trinajstić information content (AvgIpc) is 2.75. The maximum absolute atomic E-state index is 3.56. The molecule has 1 nitrogen and oxygen atoms in total. The minimum atomic E-state index is 0.603. The normalized spacial score (nSPS) is 18.7. The number of benzene rings is 1. The van der Waals surface area contributed by atoms with Crippen LogP contribution >= 0.6 is 27.3 Å². The Morgan fingerprint density at radius 3 is 2.94 bits per heavy atom. The maximum Gasteiger partial charge on any atom is 0.0349 e. The lowest BCUT2D eigenvalue weighted by molar-refractivity contribution is 0.520. The first-order valence-corrected chi connectivity index (χ1v) is 7.86. The van der Waals surface area contributed by atoms with Crippen molar-refractivity contribution >= 4 is 27.3 Å². The van der Waals surface area contributed by atoms with Crippen LogP contribution in [-0.2, 0) is 13.0 Å². The van der Waals surface area contributed by atoms with E-state index in [9.17, 15) is 0 Å². The molecule has 3 heteroatoms. The molecule has 0 bridgehead atoms. The van der Waals surface area contributed by atoms with Gasteiger partial charge in [-0.15, -0.1) is 11.3 Å². The Bertz CT molecular complexity index is 588. The van der Waals surface area contributed by atoms with E-state index >= 15 is 0 Å². The van der Waals surface area contributed by atoms with Crippen LogP contribution in [0.25, 0.3) is 10.4 Å². The fourth-order valence-corrected chi connectivity index (χ4v) is 3.78. The van der Waals surface area contributed by atoms with Crippen molar-refractivity contribution in [1.29, 1.82) is 0 Å². The fourth-order valence-electron chi connectivity index (χ4n) is 2.40. The zero-order valence-corrected chi connectivity index (χ0v) is 13.0. The van der Waals surface area contributed by atoms with E-state index in [0.717, 1.165) is 13.0 Å². The lowest BCUT2D eigenvalue weighted by Crippen LogP contribution is -2.31. The van der Waals surface area contributed by atoms with Crippen LogP contribution < -0.4 is 5.32 Å². The lowest BCUT2D eigenvalue weighted by atomic mass is 10.0. The third kappa shape index (κ3) is 2.27. The van der Waals surface area contributed by atoms with Crippen molar-refractivity contribution < 1.29 is 0 Å². The molecule has 1 unspecified atom stereocenters. The van der Waals surface area contributed by atoms with E-state index in [1.54, 1.807) is 0 Å². The van der Waals surface area contributed by atoms with Gasteiger partial charge in [0, 0.05) is 26.8 Å². The van der Waals surface area contributed by atoms with Gasteiger partial charge < -0.3 is 5.32 Å². The molecule has 0 radical (unpaired) electrons. The van der Waals surface area contributed by atoms with Gasteiger partial charge in [0.1, 0.15) is 0 Å². The van der Waals surface area contributed by atoms with Gasteiger partial charge in [-0.3, -0.25) is 0 Å². The van der Waals surface area contributed by atoms with Crippen molar-refractivity contribution in [2.45, 2.75) is 32.9 Å². The van der Waals surface area contributed by atoms with Gasteiger partial charge in [-0.25, -0.2) is 0 Å². The fraction of sp³-hybridized carbons (Fsp3) is 0.333. The van der Waals surface area contributed by atoms with E-state index in [-0.39, 0.29) is 0 Å². The summed E-state index contributed by atoms with van der Waals surface area (Å²) in [6.07, 6.45) is 1.15. The number of halogens is 1. The first-order chi connectivity index (χ1) is 8.63. The molecule has 2 aromatic rings. The van der Waals surface area contributed by atoms with Gasteiger partial charge in [-0.2, -0.15) is 0 Å². The van der Waals surface area contributed by atoms with Crippen molar-refractivity contribution in [3.8, 4) is 10.4 Å². The largest absolute Gasteiger partial charge is 0.309 e. The SMILES string of the molecule is Cc1cc(-c2cc3c(s2)CNC(C)C3)ccc1Br. The molecule has 0 aliphatic carbocycles. The van der Waals surface area contributed by atoms with E-state index in [4.69, 9.17) is 0 Å². The van der Waals surface area contributed by atoms with Gasteiger partial charge in [0.2, 0.25) is 0 Å². The van der Waals surface area contributed by atoms with Crippen LogP contribution in [0.4, 0.5) is 0 Å². The van der Waals surface area contributed by atoms with Gasteiger partial charge >= 0.3 is 0 Å². The van der Waals surface area contributed by atoms with Crippen LogP contribution in [0.1, 0.15) is 22.9 Å². The Kier molecular flexibility index (Phi) is 3.31. The van der Waals surface area contributed by atoms with Crippen LogP contribution in [0.15, 0.2) is 28.7 Å². The minimum absolute atomic E-state index is 0.603. The molecule has 0 amide bonds. The molecule has 18 heavy (non-hydrogen) atoms. The summed E-state index contributed by atoms with van der Waals surface area (Å²) in [5.41, 5.74) is 4.16. The summed E-state index contributed by atoms with van der Waals surface area (Å²) in [6, 6.07) is 9.58. The molecule has 0 saturated carbocycles. The number of hydrogen-bond donors (Lipinski definition) is 1. The van der Waals surface area contributed by atoms with Gasteiger partial charge in [-0.1, -0.05) is 22.0 Å². The summed E-state index contributed by atoms with van der Waals surface area (Å²) in [7, 11) is 0. The molecular weight excluding hydrogens is 306 g/mol. The lowest BCUT2D eigenvalue weighted by Gasteiger charge is -2.19. The highest BCUT2D eigenvalue weighted by Gasteiger charge is 2.18. The number of rotatable bonds is 1. The topological polar surface area (TPSA) is 12.0 Å². The Morgan fingerprint density at radius 2 is 2.17 bits per heavy atom. The number of fused-ring (bicyclic) bond motifs is 1. The van der Waals surface area contributed by atoms with E-state index in [2.05, 4.69) is 59.4 Å². The van der Waals surface area contributed by atoms with Gasteiger partial charge in [0.05, 0.1) is 0 Å². The number of nitrogens with one attached hydrogen (secondary N) is 1. The molecule has 1 atom stereocenters. The molecule has 0 fully saturated rings. The molecule has 2 heterocycles. The van der Waals surface area contributed by atoms with Crippen LogP contribution in [0.5, 0.6) is 0 Å². The Labute approximate surface area is 120 Å². The molecular formula is C15H16BrNS. The molecule has 0 spiro atoms. The van der Waals surface area contributed by atoms with Crippen LogP contribution in [0, 0.1) is 6.92 Å². The minimum Gasteiger partial charge on any atom is -0.309 e. The third-order valence-electron chi connectivity index (χ3n) is 3.48. The standard InChI is InChI=1S/C15H16BrNS/c1-9-5-11(3-4-13(9)16)14-7-12-6-10(2)17-8-15(12)18-14/h3-5,7,10,17H,6,8H2,1-2H3. The Balaban J connectivity index is 2.00. The molecule has 1 aromatic carbocycles. The quantitative estimate of drug-likeness (QED) is 0.814. The average molecular weight is 322 g/mol. The second kappa shape index (κ2) is 4.80. The van der Waals surface area contributed by atoms with Crippen LogP contribution in [0.3, 0.4) is 0 Å². The monoisotopic (exact) mass is 321 g/mol. The summed E-state index contributed by atoms with van der Waals surface area (Å²) in [5.74, 6) is 0. The molecule has 1 aromatic heterocycles. The van der Waals surface area contributed by atoms with Crippen LogP contribution in [0.2, 0.25) is 0 Å². The summed E-state index contributed by atoms with van der Waals surface area (Å²) >= 11 is 5.49. The molecule has 94 valence electrons. The van der Waals surface area contributed by atoms with Gasteiger partial charge in [0.25, 0.3) is 0 Å². The highest BCUT2D eigenvalue weighted by atomic mass is 79.9. The summed E-state index contributed by atoms with van der Waals surface area (Å²) in [6.45, 7) is 5.42. The van der Waals surface area contributed by atoms with E-state index in [1.807, 2.05) is 11.3 Å². The summed E-state index contributed by atoms with van der Waals surface area (Å²) in [4.78, 5) is 2.90. The number of aryl methyl sites for hydroxylation is 1. The second-order valence-electron chi connectivity index (χ2n) is 5.01. The van der Waals surface area contributed by atoms with E-state index in [1.165, 1.54) is 30.9 Å². The second-order valence-corrected chi connectivity index (χ2v) is 7.00. The van der Waals surface area contributed by atoms with Crippen molar-refractivity contribution in [3.63, 3.8) is 0 Å². The Morgan fingerprint density at radius 1 is 1.33 bits per heavy atom. The smallest absolute Gasteiger partial charge is 0.0349 e. The van der Waals surface area contributed by atoms with Gasteiger partial charge in [0.15, 0.2) is 0 Å². The van der Waals surface area contributed by atoms with E-state index < -0.39 is 0 Å². The number of thiophene rings is 1. The first-order valence-electron chi connectivity index (χ1n) is 6.25. The first kappa shape index (κ1) is 12.4. The highest BCUT2D eigenvalue weighted by Crippen LogP contribution is 2.35. The molecule has 1 aliphatic rings. The van der Waals surface area contributed by atoms with Crippen LogP contribution in [-0.4, -0.2) is 6.04 Å². The molecule has 3 rings (SSSR count). The summed E-state index contributed by atoms with van der Waals surface area (Å²) < 4.78 is 1.18. The predicted octanol–water partition coefficient (Wildman–Crippen LogP) is 4.52. The summed E-state index contributed by atoms with van der Waals surface area (Å²) in [5, 5.41) is 3.53. The maximum atomic E-state index is 3.56. The molecule has 1 aliphatic heterocycles. The predicted molar refractivity (Wildman–Crippen MR) is 82.2 cm³/mol. The van der Waals surface area contributed by atoms with Crippen molar-refractivity contribution in [2.75, 3.05) is 0 Å². The van der Waals surface area contributed by atoms with Crippen molar-refractivity contribution in [3.05, 3.63) is 44.7 Å². The molecule has 0 saturated heterocycles. The van der Waals surface area contributed by atoms with Gasteiger partial charge in [-0.05, 0) is 55.2 Å². The number of hydrogen-bond acceptors (Lipinski definition) is 2. The third-order valence-corrected chi connectivity index (χ3v) is 5.59. The van der Waals surface area contributed by atoms with E-state index in [0.29, 0.717) is 6.04 Å². The van der Waals surface area contributed by atoms with Crippen molar-refractivity contribution in [1.82, 2.24) is 5.32 Å². The van der Waals surface area contributed by atoms with Crippen molar-refractivity contribution in [2.24, 2.45) is 0 Å². The highest BCUT2D eigenvalue weighted by molar-refractivity contribution is 9.10. The zero-order valence-electron chi connectivity index (χ0n) is 10.6. The zero-order chi connectivity index (χ0) is 12.7.